The van der Waals surface area contributed by atoms with Crippen molar-refractivity contribution in [2.75, 3.05) is 32.8 Å². The number of piperidine rings is 1. The van der Waals surface area contributed by atoms with E-state index >= 15 is 0 Å². The molecule has 0 aliphatic carbocycles. The van der Waals surface area contributed by atoms with E-state index in [9.17, 15) is 14.0 Å². The third-order valence-electron chi connectivity index (χ3n) is 4.13. The Hall–Kier alpha value is -1.95. The Bertz CT molecular complexity index is 582. The molecule has 0 amide bonds. The number of likely N-dealkylation sites (tertiary alicyclic amines) is 1. The van der Waals surface area contributed by atoms with Gasteiger partial charge in [0.15, 0.2) is 17.3 Å². The third-order valence-corrected chi connectivity index (χ3v) is 4.13. The van der Waals surface area contributed by atoms with Gasteiger partial charge in [-0.25, -0.2) is 4.39 Å². The van der Waals surface area contributed by atoms with Crippen LogP contribution in [-0.2, 0) is 9.53 Å². The molecule has 0 unspecified atom stereocenters. The molecule has 1 heterocycles. The Kier molecular flexibility index (Phi) is 6.73. The number of esters is 1. The first kappa shape index (κ1) is 18.4. The molecule has 0 N–H and O–H groups in total. The SMILES string of the molecule is CCOC(=O)CN1CCC(C(=O)c2ccc(OCC)c(F)c2)CC1. The number of rotatable bonds is 7. The molecule has 0 saturated carbocycles. The highest BCUT2D eigenvalue weighted by Gasteiger charge is 2.27. The predicted molar refractivity (Wildman–Crippen MR) is 87.7 cm³/mol. The summed E-state index contributed by atoms with van der Waals surface area (Å²) in [4.78, 5) is 26.0. The van der Waals surface area contributed by atoms with Crippen LogP contribution in [0.2, 0.25) is 0 Å². The minimum absolute atomic E-state index is 0.0484. The maximum atomic E-state index is 13.9. The zero-order valence-electron chi connectivity index (χ0n) is 14.2. The average Bonchev–Trinajstić information content (AvgIpc) is 2.57. The molecule has 1 aliphatic rings. The largest absolute Gasteiger partial charge is 0.491 e. The van der Waals surface area contributed by atoms with Crippen molar-refractivity contribution in [3.05, 3.63) is 29.6 Å². The van der Waals surface area contributed by atoms with Gasteiger partial charge in [0.25, 0.3) is 0 Å². The molecule has 1 aromatic carbocycles. The summed E-state index contributed by atoms with van der Waals surface area (Å²) in [6.45, 7) is 5.89. The molecule has 1 aliphatic heterocycles. The van der Waals surface area contributed by atoms with Crippen molar-refractivity contribution in [2.45, 2.75) is 26.7 Å². The zero-order valence-corrected chi connectivity index (χ0v) is 14.2. The highest BCUT2D eigenvalue weighted by molar-refractivity contribution is 5.98. The molecular formula is C18H24FNO4. The van der Waals surface area contributed by atoms with Gasteiger partial charge in [-0.15, -0.1) is 0 Å². The molecule has 0 spiro atoms. The second-order valence-electron chi connectivity index (χ2n) is 5.80. The molecule has 24 heavy (non-hydrogen) atoms. The summed E-state index contributed by atoms with van der Waals surface area (Å²) in [5.74, 6) is -0.773. The lowest BCUT2D eigenvalue weighted by Gasteiger charge is -2.30. The van der Waals surface area contributed by atoms with Crippen LogP contribution in [0.3, 0.4) is 0 Å². The molecule has 1 saturated heterocycles. The second-order valence-corrected chi connectivity index (χ2v) is 5.80. The number of halogens is 1. The van der Waals surface area contributed by atoms with Crippen LogP contribution in [-0.4, -0.2) is 49.5 Å². The van der Waals surface area contributed by atoms with Crippen LogP contribution in [0.25, 0.3) is 0 Å². The first-order valence-electron chi connectivity index (χ1n) is 8.39. The monoisotopic (exact) mass is 337 g/mol. The topological polar surface area (TPSA) is 55.8 Å². The summed E-state index contributed by atoms with van der Waals surface area (Å²) in [6, 6.07) is 4.36. The third kappa shape index (κ3) is 4.77. The second kappa shape index (κ2) is 8.78. The van der Waals surface area contributed by atoms with Gasteiger partial charge in [0, 0.05) is 11.5 Å². The van der Waals surface area contributed by atoms with Crippen molar-refractivity contribution in [2.24, 2.45) is 5.92 Å². The Morgan fingerprint density at radius 2 is 1.92 bits per heavy atom. The van der Waals surface area contributed by atoms with Crippen molar-refractivity contribution in [3.63, 3.8) is 0 Å². The van der Waals surface area contributed by atoms with E-state index in [1.807, 2.05) is 4.90 Å². The van der Waals surface area contributed by atoms with Crippen LogP contribution in [0, 0.1) is 11.7 Å². The Morgan fingerprint density at radius 3 is 2.50 bits per heavy atom. The fourth-order valence-electron chi connectivity index (χ4n) is 2.90. The number of carbonyl (C=O) groups excluding carboxylic acids is 2. The maximum absolute atomic E-state index is 13.9. The van der Waals surface area contributed by atoms with Crippen molar-refractivity contribution in [1.29, 1.82) is 0 Å². The van der Waals surface area contributed by atoms with E-state index in [2.05, 4.69) is 0 Å². The lowest BCUT2D eigenvalue weighted by Crippen LogP contribution is -2.39. The Morgan fingerprint density at radius 1 is 1.21 bits per heavy atom. The molecule has 0 radical (unpaired) electrons. The highest BCUT2D eigenvalue weighted by Crippen LogP contribution is 2.25. The fraction of sp³-hybridized carbons (Fsp3) is 0.556. The van der Waals surface area contributed by atoms with Gasteiger partial charge in [-0.3, -0.25) is 14.5 Å². The molecule has 6 heteroatoms. The lowest BCUT2D eigenvalue weighted by atomic mass is 9.89. The van der Waals surface area contributed by atoms with E-state index in [-0.39, 0.29) is 30.0 Å². The van der Waals surface area contributed by atoms with Crippen LogP contribution < -0.4 is 4.74 Å². The van der Waals surface area contributed by atoms with Gasteiger partial charge in [-0.2, -0.15) is 0 Å². The number of Topliss-reactive ketones (excluding diaryl/α,β-unsaturated/α-hetero) is 1. The lowest BCUT2D eigenvalue weighted by molar-refractivity contribution is -0.144. The number of carbonyl (C=O) groups is 2. The van der Waals surface area contributed by atoms with E-state index in [1.54, 1.807) is 19.9 Å². The van der Waals surface area contributed by atoms with Crippen LogP contribution >= 0.6 is 0 Å². The molecule has 132 valence electrons. The molecule has 1 fully saturated rings. The van der Waals surface area contributed by atoms with Crippen molar-refractivity contribution < 1.29 is 23.5 Å². The van der Waals surface area contributed by atoms with E-state index < -0.39 is 5.82 Å². The smallest absolute Gasteiger partial charge is 0.320 e. The summed E-state index contributed by atoms with van der Waals surface area (Å²) in [5.41, 5.74) is 0.375. The number of hydrogen-bond donors (Lipinski definition) is 0. The first-order valence-corrected chi connectivity index (χ1v) is 8.39. The van der Waals surface area contributed by atoms with Gasteiger partial charge in [-0.05, 0) is 58.0 Å². The molecule has 0 aromatic heterocycles. The number of nitrogens with zero attached hydrogens (tertiary/aromatic N) is 1. The molecule has 2 rings (SSSR count). The van der Waals surface area contributed by atoms with E-state index in [0.29, 0.717) is 44.7 Å². The van der Waals surface area contributed by atoms with E-state index in [1.165, 1.54) is 12.1 Å². The quantitative estimate of drug-likeness (QED) is 0.566. The average molecular weight is 337 g/mol. The van der Waals surface area contributed by atoms with Crippen molar-refractivity contribution in [3.8, 4) is 5.75 Å². The fourth-order valence-corrected chi connectivity index (χ4v) is 2.90. The van der Waals surface area contributed by atoms with Gasteiger partial charge in [0.2, 0.25) is 0 Å². The molecule has 5 nitrogen and oxygen atoms in total. The predicted octanol–water partition coefficient (Wildman–Crippen LogP) is 2.68. The summed E-state index contributed by atoms with van der Waals surface area (Å²) < 4.78 is 24.0. The summed E-state index contributed by atoms with van der Waals surface area (Å²) in [5, 5.41) is 0. The van der Waals surface area contributed by atoms with Crippen LogP contribution in [0.4, 0.5) is 4.39 Å². The number of benzene rings is 1. The van der Waals surface area contributed by atoms with Gasteiger partial charge < -0.3 is 9.47 Å². The number of ether oxygens (including phenoxy) is 2. The summed E-state index contributed by atoms with van der Waals surface area (Å²) >= 11 is 0. The number of ketones is 1. The summed E-state index contributed by atoms with van der Waals surface area (Å²) in [6.07, 6.45) is 1.32. The molecule has 0 atom stereocenters. The molecular weight excluding hydrogens is 313 g/mol. The highest BCUT2D eigenvalue weighted by atomic mass is 19.1. The van der Waals surface area contributed by atoms with Crippen molar-refractivity contribution in [1.82, 2.24) is 4.90 Å². The Labute approximate surface area is 141 Å². The summed E-state index contributed by atoms with van der Waals surface area (Å²) in [7, 11) is 0. The standard InChI is InChI=1S/C18H24FNO4/c1-3-23-16-6-5-14(11-15(16)19)18(22)13-7-9-20(10-8-13)12-17(21)24-4-2/h5-6,11,13H,3-4,7-10,12H2,1-2H3. The van der Waals surface area contributed by atoms with Crippen LogP contribution in [0.5, 0.6) is 5.75 Å². The minimum Gasteiger partial charge on any atom is -0.491 e. The number of hydrogen-bond acceptors (Lipinski definition) is 5. The maximum Gasteiger partial charge on any atom is 0.320 e. The van der Waals surface area contributed by atoms with Crippen LogP contribution in [0.1, 0.15) is 37.0 Å². The molecule has 0 bridgehead atoms. The Balaban J connectivity index is 1.90. The first-order chi connectivity index (χ1) is 11.5. The van der Waals surface area contributed by atoms with Crippen LogP contribution in [0.15, 0.2) is 18.2 Å². The van der Waals surface area contributed by atoms with E-state index in [4.69, 9.17) is 9.47 Å². The zero-order chi connectivity index (χ0) is 17.5. The minimum atomic E-state index is -0.512. The van der Waals surface area contributed by atoms with E-state index in [0.717, 1.165) is 0 Å². The van der Waals surface area contributed by atoms with Gasteiger partial charge >= 0.3 is 5.97 Å². The van der Waals surface area contributed by atoms with Gasteiger partial charge in [0.1, 0.15) is 0 Å². The molecule has 1 aromatic rings. The van der Waals surface area contributed by atoms with Gasteiger partial charge in [0.05, 0.1) is 19.8 Å². The van der Waals surface area contributed by atoms with Gasteiger partial charge in [-0.1, -0.05) is 0 Å². The normalized spacial score (nSPS) is 16.0. The van der Waals surface area contributed by atoms with Crippen molar-refractivity contribution >= 4 is 11.8 Å².